The topological polar surface area (TPSA) is 9.23 Å². The zero-order chi connectivity index (χ0) is 6.10. The molecule has 1 aliphatic carbocycles. The van der Waals surface area contributed by atoms with Gasteiger partial charge in [0.1, 0.15) is 0 Å². The van der Waals surface area contributed by atoms with Gasteiger partial charge in [-0.1, -0.05) is 24.3 Å². The Labute approximate surface area is 54.3 Å². The molecule has 1 atom stereocenters. The summed E-state index contributed by atoms with van der Waals surface area (Å²) < 4.78 is 4.88. The Morgan fingerprint density at radius 2 is 2.44 bits per heavy atom. The molecule has 1 heterocycles. The molecule has 0 saturated heterocycles. The van der Waals surface area contributed by atoms with Crippen molar-refractivity contribution in [3.8, 4) is 0 Å². The van der Waals surface area contributed by atoms with Crippen LogP contribution in [0.2, 0.25) is 0 Å². The lowest BCUT2D eigenvalue weighted by Gasteiger charge is -2.03. The standard InChI is InChI=1S/C8H6O/c1-2-4-8-6-9-5-7(8)3-1/h1-5,8H. The maximum absolute atomic E-state index is 4.88. The Morgan fingerprint density at radius 1 is 1.44 bits per heavy atom. The van der Waals surface area contributed by atoms with Crippen LogP contribution in [0.4, 0.5) is 0 Å². The molecule has 2 radical (unpaired) electrons. The Kier molecular flexibility index (Phi) is 0.950. The van der Waals surface area contributed by atoms with Crippen LogP contribution in [0.1, 0.15) is 0 Å². The molecular weight excluding hydrogens is 112 g/mol. The van der Waals surface area contributed by atoms with E-state index >= 15 is 0 Å². The van der Waals surface area contributed by atoms with E-state index in [1.807, 2.05) is 18.2 Å². The first-order valence-corrected chi connectivity index (χ1v) is 2.93. The first-order valence-electron chi connectivity index (χ1n) is 2.93. The molecule has 1 nitrogen and oxygen atoms in total. The summed E-state index contributed by atoms with van der Waals surface area (Å²) in [6.45, 7) is 2.83. The van der Waals surface area contributed by atoms with Crippen LogP contribution in [0.15, 0.2) is 36.1 Å². The van der Waals surface area contributed by atoms with Gasteiger partial charge in [0.25, 0.3) is 0 Å². The molecule has 0 amide bonds. The fourth-order valence-electron chi connectivity index (χ4n) is 0.952. The van der Waals surface area contributed by atoms with E-state index in [4.69, 9.17) is 4.74 Å². The summed E-state index contributed by atoms with van der Waals surface area (Å²) >= 11 is 0. The molecule has 0 N–H and O–H groups in total. The molecule has 0 spiro atoms. The Bertz CT molecular complexity index is 196. The van der Waals surface area contributed by atoms with Gasteiger partial charge in [-0.3, -0.25) is 0 Å². The molecule has 1 heteroatoms. The van der Waals surface area contributed by atoms with Gasteiger partial charge in [0.2, 0.25) is 6.61 Å². The number of hydrogen-bond donors (Lipinski definition) is 0. The molecule has 0 aromatic heterocycles. The molecule has 0 aromatic carbocycles. The Morgan fingerprint density at radius 3 is 3.33 bits per heavy atom. The summed E-state index contributed by atoms with van der Waals surface area (Å²) in [4.78, 5) is 0. The highest BCUT2D eigenvalue weighted by Crippen LogP contribution is 2.26. The summed E-state index contributed by atoms with van der Waals surface area (Å²) in [6.07, 6.45) is 9.82. The van der Waals surface area contributed by atoms with E-state index < -0.39 is 0 Å². The predicted molar refractivity (Wildman–Crippen MR) is 34.2 cm³/mol. The van der Waals surface area contributed by atoms with Gasteiger partial charge in [0, 0.05) is 0 Å². The van der Waals surface area contributed by atoms with Crippen molar-refractivity contribution >= 4 is 0 Å². The number of rotatable bonds is 0. The third-order valence-electron chi connectivity index (χ3n) is 1.45. The summed E-state index contributed by atoms with van der Waals surface area (Å²) in [6, 6.07) is 0. The lowest BCUT2D eigenvalue weighted by atomic mass is 9.98. The van der Waals surface area contributed by atoms with Crippen LogP contribution in [0.3, 0.4) is 0 Å². The van der Waals surface area contributed by atoms with Gasteiger partial charge in [-0.15, -0.1) is 0 Å². The smallest absolute Gasteiger partial charge is 0.207 e. The van der Waals surface area contributed by atoms with Gasteiger partial charge in [0.05, 0.1) is 12.2 Å². The summed E-state index contributed by atoms with van der Waals surface area (Å²) in [7, 11) is 0. The first-order chi connectivity index (χ1) is 4.47. The van der Waals surface area contributed by atoms with E-state index in [2.05, 4.69) is 12.7 Å². The van der Waals surface area contributed by atoms with Crippen LogP contribution in [0, 0.1) is 12.5 Å². The average molecular weight is 118 g/mol. The summed E-state index contributed by atoms with van der Waals surface area (Å²) in [5, 5.41) is 0. The molecule has 44 valence electrons. The van der Waals surface area contributed by atoms with Gasteiger partial charge in [-0.05, 0) is 5.57 Å². The van der Waals surface area contributed by atoms with Crippen molar-refractivity contribution in [1.82, 2.24) is 0 Å². The second kappa shape index (κ2) is 1.76. The number of ether oxygens (including phenoxy) is 1. The van der Waals surface area contributed by atoms with E-state index in [0.29, 0.717) is 0 Å². The molecule has 9 heavy (non-hydrogen) atoms. The maximum atomic E-state index is 4.88. The van der Waals surface area contributed by atoms with Crippen LogP contribution in [0.25, 0.3) is 0 Å². The van der Waals surface area contributed by atoms with Crippen LogP contribution >= 0.6 is 0 Å². The second-order valence-corrected chi connectivity index (χ2v) is 2.08. The lowest BCUT2D eigenvalue weighted by Crippen LogP contribution is -1.95. The molecule has 0 aromatic rings. The monoisotopic (exact) mass is 118 g/mol. The molecule has 0 bridgehead atoms. The van der Waals surface area contributed by atoms with Gasteiger partial charge < -0.3 is 4.74 Å². The van der Waals surface area contributed by atoms with Crippen LogP contribution in [0.5, 0.6) is 0 Å². The van der Waals surface area contributed by atoms with E-state index in [1.165, 1.54) is 5.57 Å². The quantitative estimate of drug-likeness (QED) is 0.470. The number of fused-ring (bicyclic) bond motifs is 1. The molecular formula is C8H6O. The predicted octanol–water partition coefficient (Wildman–Crippen LogP) is 1.68. The largest absolute Gasteiger partial charge is 0.485 e. The van der Waals surface area contributed by atoms with Crippen molar-refractivity contribution in [3.63, 3.8) is 0 Å². The Balaban J connectivity index is 2.33. The van der Waals surface area contributed by atoms with Crippen molar-refractivity contribution in [2.45, 2.75) is 0 Å². The van der Waals surface area contributed by atoms with Crippen molar-refractivity contribution < 1.29 is 4.74 Å². The minimum Gasteiger partial charge on any atom is -0.485 e. The number of allylic oxidation sites excluding steroid dienone is 3. The van der Waals surface area contributed by atoms with Crippen LogP contribution in [-0.2, 0) is 4.74 Å². The Hall–Kier alpha value is -0.980. The molecule has 1 unspecified atom stereocenters. The van der Waals surface area contributed by atoms with Crippen molar-refractivity contribution in [1.29, 1.82) is 0 Å². The minimum absolute atomic E-state index is 0.287. The van der Waals surface area contributed by atoms with Gasteiger partial charge in [0.15, 0.2) is 0 Å². The van der Waals surface area contributed by atoms with Crippen molar-refractivity contribution in [2.75, 3.05) is 0 Å². The van der Waals surface area contributed by atoms with Crippen molar-refractivity contribution in [3.05, 3.63) is 42.7 Å². The van der Waals surface area contributed by atoms with E-state index in [0.717, 1.165) is 0 Å². The minimum atomic E-state index is 0.287. The normalized spacial score (nSPS) is 29.3. The molecule has 0 fully saturated rings. The van der Waals surface area contributed by atoms with Crippen molar-refractivity contribution in [2.24, 2.45) is 5.92 Å². The number of hydrogen-bond acceptors (Lipinski definition) is 1. The van der Waals surface area contributed by atoms with Gasteiger partial charge in [-0.25, -0.2) is 0 Å². The average Bonchev–Trinajstić information content (AvgIpc) is 2.33. The SMILES string of the molecule is [C]1OC=C2C=CC=CC12. The van der Waals surface area contributed by atoms with E-state index in [1.54, 1.807) is 6.26 Å². The zero-order valence-electron chi connectivity index (χ0n) is 4.87. The molecule has 0 saturated carbocycles. The highest BCUT2D eigenvalue weighted by molar-refractivity contribution is 5.35. The highest BCUT2D eigenvalue weighted by Gasteiger charge is 2.18. The fraction of sp³-hybridized carbons (Fsp3) is 0.125. The lowest BCUT2D eigenvalue weighted by molar-refractivity contribution is 0.341. The highest BCUT2D eigenvalue weighted by atomic mass is 16.5. The van der Waals surface area contributed by atoms with Crippen LogP contribution in [-0.4, -0.2) is 0 Å². The van der Waals surface area contributed by atoms with E-state index in [-0.39, 0.29) is 5.92 Å². The van der Waals surface area contributed by atoms with Gasteiger partial charge in [-0.2, -0.15) is 0 Å². The third-order valence-corrected chi connectivity index (χ3v) is 1.45. The van der Waals surface area contributed by atoms with Gasteiger partial charge >= 0.3 is 0 Å². The molecule has 2 aliphatic rings. The third kappa shape index (κ3) is 0.689. The zero-order valence-corrected chi connectivity index (χ0v) is 4.87. The van der Waals surface area contributed by atoms with Crippen LogP contribution < -0.4 is 0 Å². The first kappa shape index (κ1) is 4.86. The molecule has 2 rings (SSSR count). The summed E-state index contributed by atoms with van der Waals surface area (Å²) in [5.74, 6) is 0.287. The molecule has 1 aliphatic heterocycles. The fourth-order valence-corrected chi connectivity index (χ4v) is 0.952. The maximum Gasteiger partial charge on any atom is 0.207 e. The summed E-state index contributed by atoms with van der Waals surface area (Å²) in [5.41, 5.74) is 1.19. The van der Waals surface area contributed by atoms with E-state index in [9.17, 15) is 0 Å². The second-order valence-electron chi connectivity index (χ2n) is 2.08.